The molecule has 1 aromatic carbocycles. The van der Waals surface area contributed by atoms with Gasteiger partial charge in [-0.1, -0.05) is 45.0 Å². The average molecular weight is 283 g/mol. The fourth-order valence-electron chi connectivity index (χ4n) is 3.31. The van der Waals surface area contributed by atoms with Gasteiger partial charge < -0.3 is 10.6 Å². The van der Waals surface area contributed by atoms with Crippen molar-refractivity contribution in [2.75, 3.05) is 18.0 Å². The highest BCUT2D eigenvalue weighted by molar-refractivity contribution is 5.94. The van der Waals surface area contributed by atoms with Crippen molar-refractivity contribution in [2.45, 2.75) is 33.7 Å². The first kappa shape index (κ1) is 14.3. The number of nitrogens with zero attached hydrogens (tertiary/aromatic N) is 2. The smallest absolute Gasteiger partial charge is 0.136 e. The van der Waals surface area contributed by atoms with E-state index in [0.717, 1.165) is 30.4 Å². The molecule has 0 radical (unpaired) electrons. The first-order valence-corrected chi connectivity index (χ1v) is 7.82. The van der Waals surface area contributed by atoms with Crippen LogP contribution >= 0.6 is 0 Å². The fourth-order valence-corrected chi connectivity index (χ4v) is 3.31. The molecule has 0 amide bonds. The van der Waals surface area contributed by atoms with E-state index in [2.05, 4.69) is 49.9 Å². The minimum absolute atomic E-state index is 0.363. The van der Waals surface area contributed by atoms with Gasteiger partial charge in [0.15, 0.2) is 0 Å². The molecule has 0 aliphatic carbocycles. The molecule has 2 heterocycles. The third-order valence-corrected chi connectivity index (χ3v) is 4.79. The Bertz CT molecular complexity index is 642. The topological polar surface area (TPSA) is 42.2 Å². The number of aromatic nitrogens is 1. The first-order chi connectivity index (χ1) is 10.0. The van der Waals surface area contributed by atoms with Crippen LogP contribution in [0, 0.1) is 11.3 Å². The number of fused-ring (bicyclic) bond motifs is 1. The summed E-state index contributed by atoms with van der Waals surface area (Å²) in [5, 5.41) is 2.47. The van der Waals surface area contributed by atoms with E-state index < -0.39 is 0 Å². The first-order valence-electron chi connectivity index (χ1n) is 7.82. The number of anilines is 1. The maximum atomic E-state index is 5.84. The number of rotatable bonds is 2. The maximum absolute atomic E-state index is 5.84. The zero-order chi connectivity index (χ0) is 15.0. The highest BCUT2D eigenvalue weighted by Crippen LogP contribution is 2.37. The third-order valence-electron chi connectivity index (χ3n) is 4.79. The largest absolute Gasteiger partial charge is 0.356 e. The van der Waals surface area contributed by atoms with Crippen molar-refractivity contribution in [3.05, 3.63) is 36.0 Å². The molecule has 2 aromatic rings. The summed E-state index contributed by atoms with van der Waals surface area (Å²) in [6.45, 7) is 9.75. The number of benzene rings is 1. The Morgan fingerprint density at radius 2 is 1.95 bits per heavy atom. The molecule has 1 aromatic heterocycles. The SMILES string of the molecule is CC(C)(C)C1CCN(c2ncc(CN)c3ccccc23)C1. The molecule has 1 unspecified atom stereocenters. The molecular weight excluding hydrogens is 258 g/mol. The summed E-state index contributed by atoms with van der Waals surface area (Å²) >= 11 is 0. The van der Waals surface area contributed by atoms with Gasteiger partial charge in [0.1, 0.15) is 5.82 Å². The summed E-state index contributed by atoms with van der Waals surface area (Å²) in [5.74, 6) is 1.85. The lowest BCUT2D eigenvalue weighted by Gasteiger charge is -2.27. The zero-order valence-corrected chi connectivity index (χ0v) is 13.3. The van der Waals surface area contributed by atoms with Crippen LogP contribution in [0.25, 0.3) is 10.8 Å². The zero-order valence-electron chi connectivity index (χ0n) is 13.3. The van der Waals surface area contributed by atoms with E-state index in [1.54, 1.807) is 0 Å². The molecule has 0 bridgehead atoms. The van der Waals surface area contributed by atoms with Crippen LogP contribution in [0.2, 0.25) is 0 Å². The number of nitrogens with two attached hydrogens (primary N) is 1. The minimum atomic E-state index is 0.363. The molecule has 3 nitrogen and oxygen atoms in total. The molecular formula is C18H25N3. The van der Waals surface area contributed by atoms with Crippen molar-refractivity contribution in [1.82, 2.24) is 4.98 Å². The Labute approximate surface area is 127 Å². The van der Waals surface area contributed by atoms with Gasteiger partial charge in [-0.15, -0.1) is 0 Å². The van der Waals surface area contributed by atoms with E-state index in [1.165, 1.54) is 17.2 Å². The lowest BCUT2D eigenvalue weighted by atomic mass is 9.80. The summed E-state index contributed by atoms with van der Waals surface area (Å²) in [6.07, 6.45) is 3.19. The van der Waals surface area contributed by atoms with Crippen LogP contribution in [0.4, 0.5) is 5.82 Å². The van der Waals surface area contributed by atoms with Crippen molar-refractivity contribution < 1.29 is 0 Å². The highest BCUT2D eigenvalue weighted by atomic mass is 15.2. The predicted molar refractivity (Wildman–Crippen MR) is 89.4 cm³/mol. The highest BCUT2D eigenvalue weighted by Gasteiger charge is 2.32. The van der Waals surface area contributed by atoms with Crippen molar-refractivity contribution in [2.24, 2.45) is 17.1 Å². The van der Waals surface area contributed by atoms with Crippen LogP contribution in [0.15, 0.2) is 30.5 Å². The molecule has 0 saturated carbocycles. The predicted octanol–water partition coefficient (Wildman–Crippen LogP) is 3.57. The second-order valence-corrected chi connectivity index (χ2v) is 7.15. The van der Waals surface area contributed by atoms with Gasteiger partial charge in [0.05, 0.1) is 0 Å². The van der Waals surface area contributed by atoms with E-state index in [4.69, 9.17) is 10.7 Å². The summed E-state index contributed by atoms with van der Waals surface area (Å²) in [7, 11) is 0. The summed E-state index contributed by atoms with van der Waals surface area (Å²) in [4.78, 5) is 7.17. The van der Waals surface area contributed by atoms with E-state index in [1.807, 2.05) is 6.20 Å². The Hall–Kier alpha value is -1.61. The fraction of sp³-hybridized carbons (Fsp3) is 0.500. The monoisotopic (exact) mass is 283 g/mol. The molecule has 1 aliphatic rings. The molecule has 1 aliphatic heterocycles. The minimum Gasteiger partial charge on any atom is -0.356 e. The van der Waals surface area contributed by atoms with E-state index in [9.17, 15) is 0 Å². The van der Waals surface area contributed by atoms with Crippen molar-refractivity contribution in [1.29, 1.82) is 0 Å². The molecule has 3 heteroatoms. The molecule has 112 valence electrons. The molecule has 21 heavy (non-hydrogen) atoms. The van der Waals surface area contributed by atoms with Gasteiger partial charge in [-0.3, -0.25) is 0 Å². The number of hydrogen-bond donors (Lipinski definition) is 1. The summed E-state index contributed by atoms with van der Waals surface area (Å²) < 4.78 is 0. The van der Waals surface area contributed by atoms with Crippen molar-refractivity contribution >= 4 is 16.6 Å². The van der Waals surface area contributed by atoms with Crippen molar-refractivity contribution in [3.63, 3.8) is 0 Å². The number of pyridine rings is 1. The van der Waals surface area contributed by atoms with Gasteiger partial charge in [0.2, 0.25) is 0 Å². The second-order valence-electron chi connectivity index (χ2n) is 7.15. The van der Waals surface area contributed by atoms with Crippen LogP contribution in [0.5, 0.6) is 0 Å². The molecule has 3 rings (SSSR count). The van der Waals surface area contributed by atoms with Gasteiger partial charge in [0.25, 0.3) is 0 Å². The van der Waals surface area contributed by atoms with Crippen LogP contribution in [0.3, 0.4) is 0 Å². The molecule has 2 N–H and O–H groups in total. The average Bonchev–Trinajstić information content (AvgIpc) is 2.96. The standard InChI is InChI=1S/C18H25N3/c1-18(2,3)14-8-9-21(12-14)17-16-7-5-4-6-15(16)13(10-19)11-20-17/h4-7,11,14H,8-10,12,19H2,1-3H3. The molecule has 0 spiro atoms. The van der Waals surface area contributed by atoms with Gasteiger partial charge in [-0.25, -0.2) is 4.98 Å². The molecule has 1 fully saturated rings. The van der Waals surface area contributed by atoms with Gasteiger partial charge >= 0.3 is 0 Å². The van der Waals surface area contributed by atoms with Gasteiger partial charge in [-0.05, 0) is 28.7 Å². The lowest BCUT2D eigenvalue weighted by molar-refractivity contribution is 0.263. The number of hydrogen-bond acceptors (Lipinski definition) is 3. The van der Waals surface area contributed by atoms with E-state index in [-0.39, 0.29) is 0 Å². The second kappa shape index (κ2) is 5.30. The molecule has 1 atom stereocenters. The summed E-state index contributed by atoms with van der Waals surface area (Å²) in [5.41, 5.74) is 7.33. The lowest BCUT2D eigenvalue weighted by Crippen LogP contribution is -2.26. The third kappa shape index (κ3) is 2.62. The maximum Gasteiger partial charge on any atom is 0.136 e. The van der Waals surface area contributed by atoms with Gasteiger partial charge in [0, 0.05) is 31.2 Å². The molecule has 1 saturated heterocycles. The van der Waals surface area contributed by atoms with E-state index >= 15 is 0 Å². The van der Waals surface area contributed by atoms with E-state index in [0.29, 0.717) is 12.0 Å². The quantitative estimate of drug-likeness (QED) is 0.916. The Morgan fingerprint density at radius 1 is 1.24 bits per heavy atom. The van der Waals surface area contributed by atoms with Crippen LogP contribution in [-0.4, -0.2) is 18.1 Å². The van der Waals surface area contributed by atoms with Gasteiger partial charge in [-0.2, -0.15) is 0 Å². The normalized spacial score (nSPS) is 19.4. The Morgan fingerprint density at radius 3 is 2.57 bits per heavy atom. The Balaban J connectivity index is 1.99. The Kier molecular flexibility index (Phi) is 3.62. The summed E-state index contributed by atoms with van der Waals surface area (Å²) in [6, 6.07) is 8.49. The van der Waals surface area contributed by atoms with Crippen molar-refractivity contribution in [3.8, 4) is 0 Å². The van der Waals surface area contributed by atoms with Crippen LogP contribution < -0.4 is 10.6 Å². The van der Waals surface area contributed by atoms with Crippen LogP contribution in [0.1, 0.15) is 32.8 Å². The van der Waals surface area contributed by atoms with Crippen LogP contribution in [-0.2, 0) is 6.54 Å².